The lowest BCUT2D eigenvalue weighted by Gasteiger charge is -2.38. The molecule has 1 unspecified atom stereocenters. The van der Waals surface area contributed by atoms with Crippen molar-refractivity contribution in [2.45, 2.75) is 37.8 Å². The fourth-order valence-corrected chi connectivity index (χ4v) is 2.98. The van der Waals surface area contributed by atoms with Crippen LogP contribution in [0.2, 0.25) is 0 Å². The van der Waals surface area contributed by atoms with Gasteiger partial charge in [-0.3, -0.25) is 0 Å². The summed E-state index contributed by atoms with van der Waals surface area (Å²) in [5.74, 6) is 0.378. The molecule has 0 heterocycles. The first kappa shape index (κ1) is 13.3. The standard InChI is InChI=1S/C18H20FN/c1-13(14-6-3-2-4-7-14)20-18-11-16(12-18)15-8-5-9-17(19)10-15/h2-10,13,16,18,20H,11-12H2,1H3. The van der Waals surface area contributed by atoms with E-state index in [9.17, 15) is 4.39 Å². The minimum atomic E-state index is -0.128. The van der Waals surface area contributed by atoms with Gasteiger partial charge in [0.15, 0.2) is 0 Å². The summed E-state index contributed by atoms with van der Waals surface area (Å²) < 4.78 is 13.2. The van der Waals surface area contributed by atoms with Crippen LogP contribution >= 0.6 is 0 Å². The Hall–Kier alpha value is -1.67. The normalized spacial score (nSPS) is 23.1. The molecule has 104 valence electrons. The number of benzene rings is 2. The third-order valence-electron chi connectivity index (χ3n) is 4.24. The smallest absolute Gasteiger partial charge is 0.123 e. The van der Waals surface area contributed by atoms with Gasteiger partial charge in [0.25, 0.3) is 0 Å². The van der Waals surface area contributed by atoms with Crippen LogP contribution < -0.4 is 5.32 Å². The summed E-state index contributed by atoms with van der Waals surface area (Å²) in [5, 5.41) is 3.65. The van der Waals surface area contributed by atoms with E-state index in [1.54, 1.807) is 12.1 Å². The number of rotatable bonds is 4. The van der Waals surface area contributed by atoms with E-state index in [4.69, 9.17) is 0 Å². The highest BCUT2D eigenvalue weighted by Gasteiger charge is 2.31. The van der Waals surface area contributed by atoms with Gasteiger partial charge in [0.1, 0.15) is 5.82 Å². The lowest BCUT2D eigenvalue weighted by atomic mass is 9.75. The van der Waals surface area contributed by atoms with Crippen LogP contribution in [0.4, 0.5) is 4.39 Å². The van der Waals surface area contributed by atoms with Gasteiger partial charge in [0.2, 0.25) is 0 Å². The number of hydrogen-bond acceptors (Lipinski definition) is 1. The molecule has 1 atom stereocenters. The van der Waals surface area contributed by atoms with E-state index in [-0.39, 0.29) is 5.82 Å². The molecular weight excluding hydrogens is 249 g/mol. The zero-order valence-corrected chi connectivity index (χ0v) is 11.7. The van der Waals surface area contributed by atoms with Crippen molar-refractivity contribution in [1.82, 2.24) is 5.32 Å². The highest BCUT2D eigenvalue weighted by Crippen LogP contribution is 2.38. The molecule has 2 aromatic carbocycles. The molecule has 2 heteroatoms. The second-order valence-electron chi connectivity index (χ2n) is 5.72. The first-order valence-corrected chi connectivity index (χ1v) is 7.29. The van der Waals surface area contributed by atoms with Crippen LogP contribution in [-0.4, -0.2) is 6.04 Å². The third kappa shape index (κ3) is 2.91. The lowest BCUT2D eigenvalue weighted by molar-refractivity contribution is 0.270. The Kier molecular flexibility index (Phi) is 3.83. The van der Waals surface area contributed by atoms with Gasteiger partial charge < -0.3 is 5.32 Å². The van der Waals surface area contributed by atoms with Crippen LogP contribution in [0.15, 0.2) is 54.6 Å². The predicted molar refractivity (Wildman–Crippen MR) is 80.2 cm³/mol. The van der Waals surface area contributed by atoms with E-state index in [0.29, 0.717) is 18.0 Å². The minimum absolute atomic E-state index is 0.128. The van der Waals surface area contributed by atoms with Crippen molar-refractivity contribution in [2.75, 3.05) is 0 Å². The maximum Gasteiger partial charge on any atom is 0.123 e. The first-order valence-electron chi connectivity index (χ1n) is 7.29. The highest BCUT2D eigenvalue weighted by atomic mass is 19.1. The Labute approximate surface area is 119 Å². The summed E-state index contributed by atoms with van der Waals surface area (Å²) in [6, 6.07) is 18.4. The predicted octanol–water partition coefficient (Wildman–Crippen LogP) is 4.42. The average molecular weight is 269 g/mol. The summed E-state index contributed by atoms with van der Waals surface area (Å²) in [6.07, 6.45) is 2.20. The molecule has 0 saturated heterocycles. The molecule has 2 aromatic rings. The van der Waals surface area contributed by atoms with Crippen LogP contribution in [0.3, 0.4) is 0 Å². The Bertz CT molecular complexity index is 561. The van der Waals surface area contributed by atoms with Crippen LogP contribution in [0.25, 0.3) is 0 Å². The van der Waals surface area contributed by atoms with Crippen molar-refractivity contribution < 1.29 is 4.39 Å². The van der Waals surface area contributed by atoms with Crippen molar-refractivity contribution >= 4 is 0 Å². The molecular formula is C18H20FN. The molecule has 3 rings (SSSR count). The summed E-state index contributed by atoms with van der Waals surface area (Å²) in [7, 11) is 0. The van der Waals surface area contributed by atoms with Crippen molar-refractivity contribution in [3.63, 3.8) is 0 Å². The molecule has 1 aliphatic rings. The summed E-state index contributed by atoms with van der Waals surface area (Å²) >= 11 is 0. The summed E-state index contributed by atoms with van der Waals surface area (Å²) in [4.78, 5) is 0. The Balaban J connectivity index is 1.54. The maximum absolute atomic E-state index is 13.2. The molecule has 0 bridgehead atoms. The average Bonchev–Trinajstić information content (AvgIpc) is 2.43. The molecule has 0 radical (unpaired) electrons. The zero-order valence-electron chi connectivity index (χ0n) is 11.7. The van der Waals surface area contributed by atoms with E-state index in [2.05, 4.69) is 36.5 Å². The molecule has 0 aromatic heterocycles. The molecule has 1 saturated carbocycles. The summed E-state index contributed by atoms with van der Waals surface area (Å²) in [6.45, 7) is 2.20. The van der Waals surface area contributed by atoms with Crippen molar-refractivity contribution in [3.05, 3.63) is 71.5 Å². The van der Waals surface area contributed by atoms with E-state index in [1.165, 1.54) is 11.6 Å². The van der Waals surface area contributed by atoms with Crippen LogP contribution in [0, 0.1) is 5.82 Å². The highest BCUT2D eigenvalue weighted by molar-refractivity contribution is 5.24. The van der Waals surface area contributed by atoms with E-state index < -0.39 is 0 Å². The Morgan fingerprint density at radius 1 is 1.05 bits per heavy atom. The van der Waals surface area contributed by atoms with Gasteiger partial charge in [-0.05, 0) is 48.9 Å². The van der Waals surface area contributed by atoms with Gasteiger partial charge in [-0.25, -0.2) is 4.39 Å². The van der Waals surface area contributed by atoms with Gasteiger partial charge in [-0.1, -0.05) is 42.5 Å². The second kappa shape index (κ2) is 5.76. The Morgan fingerprint density at radius 2 is 1.80 bits per heavy atom. The zero-order chi connectivity index (χ0) is 13.9. The van der Waals surface area contributed by atoms with Gasteiger partial charge in [-0.15, -0.1) is 0 Å². The third-order valence-corrected chi connectivity index (χ3v) is 4.24. The molecule has 20 heavy (non-hydrogen) atoms. The number of halogens is 1. The topological polar surface area (TPSA) is 12.0 Å². The molecule has 0 spiro atoms. The van der Waals surface area contributed by atoms with Crippen LogP contribution in [-0.2, 0) is 0 Å². The largest absolute Gasteiger partial charge is 0.307 e. The number of nitrogens with one attached hydrogen (secondary N) is 1. The second-order valence-corrected chi connectivity index (χ2v) is 5.72. The van der Waals surface area contributed by atoms with Gasteiger partial charge in [0.05, 0.1) is 0 Å². The van der Waals surface area contributed by atoms with Crippen molar-refractivity contribution in [1.29, 1.82) is 0 Å². The Morgan fingerprint density at radius 3 is 2.50 bits per heavy atom. The van der Waals surface area contributed by atoms with Crippen molar-refractivity contribution in [3.8, 4) is 0 Å². The fraction of sp³-hybridized carbons (Fsp3) is 0.333. The quantitative estimate of drug-likeness (QED) is 0.866. The van der Waals surface area contributed by atoms with E-state index in [1.807, 2.05) is 12.1 Å². The lowest BCUT2D eigenvalue weighted by Crippen LogP contribution is -2.41. The monoisotopic (exact) mass is 269 g/mol. The first-order chi connectivity index (χ1) is 9.72. The van der Waals surface area contributed by atoms with Crippen molar-refractivity contribution in [2.24, 2.45) is 0 Å². The molecule has 0 amide bonds. The molecule has 0 aliphatic heterocycles. The molecule has 1 aliphatic carbocycles. The summed E-state index contributed by atoms with van der Waals surface area (Å²) in [5.41, 5.74) is 2.46. The fourth-order valence-electron chi connectivity index (χ4n) is 2.98. The molecule has 1 nitrogen and oxygen atoms in total. The maximum atomic E-state index is 13.2. The van der Waals surface area contributed by atoms with Crippen LogP contribution in [0.1, 0.15) is 42.9 Å². The SMILES string of the molecule is CC(NC1CC(c2cccc(F)c2)C1)c1ccccc1. The van der Waals surface area contributed by atoms with E-state index in [0.717, 1.165) is 18.4 Å². The van der Waals surface area contributed by atoms with Gasteiger partial charge >= 0.3 is 0 Å². The van der Waals surface area contributed by atoms with Crippen LogP contribution in [0.5, 0.6) is 0 Å². The molecule has 1 N–H and O–H groups in total. The van der Waals surface area contributed by atoms with Gasteiger partial charge in [0, 0.05) is 12.1 Å². The van der Waals surface area contributed by atoms with E-state index >= 15 is 0 Å². The molecule has 1 fully saturated rings. The number of hydrogen-bond donors (Lipinski definition) is 1. The van der Waals surface area contributed by atoms with Gasteiger partial charge in [-0.2, -0.15) is 0 Å². The minimum Gasteiger partial charge on any atom is -0.307 e.